The Morgan fingerprint density at radius 1 is 1.59 bits per heavy atom. The first-order valence-corrected chi connectivity index (χ1v) is 5.72. The van der Waals surface area contributed by atoms with Crippen LogP contribution in [-0.4, -0.2) is 35.4 Å². The van der Waals surface area contributed by atoms with E-state index >= 15 is 0 Å². The van der Waals surface area contributed by atoms with Gasteiger partial charge < -0.3 is 20.8 Å². The van der Waals surface area contributed by atoms with Gasteiger partial charge in [0, 0.05) is 29.9 Å². The van der Waals surface area contributed by atoms with Crippen molar-refractivity contribution in [2.75, 3.05) is 6.54 Å². The number of hydrogen-bond acceptors (Lipinski definition) is 4. The maximum absolute atomic E-state index is 12.0. The molecule has 96 valence electrons. The minimum absolute atomic E-state index is 0.00792. The quantitative estimate of drug-likeness (QED) is 0.686. The van der Waals surface area contributed by atoms with Crippen LogP contribution in [0.4, 0.5) is 4.79 Å². The van der Waals surface area contributed by atoms with Crippen LogP contribution in [0.1, 0.15) is 34.1 Å². The fourth-order valence-electron chi connectivity index (χ4n) is 1.70. The predicted octanol–water partition coefficient (Wildman–Crippen LogP) is 1.88. The number of nitrogens with zero attached hydrogens (tertiary/aromatic N) is 1. The number of nitrogens with one attached hydrogen (secondary N) is 1. The molecule has 0 aromatic heterocycles. The molecule has 5 nitrogen and oxygen atoms in total. The van der Waals surface area contributed by atoms with Crippen LogP contribution in [0.25, 0.3) is 0 Å². The minimum atomic E-state index is -0.506. The topological polar surface area (TPSA) is 79.4 Å². The van der Waals surface area contributed by atoms with E-state index in [0.717, 1.165) is 0 Å². The zero-order valence-corrected chi connectivity index (χ0v) is 10.9. The Hall–Kier alpha value is -1.52. The number of rotatable bonds is 1. The summed E-state index contributed by atoms with van der Waals surface area (Å²) in [6.45, 7) is 7.78. The molecular weight excluding hydrogens is 218 g/mol. The smallest absolute Gasteiger partial charge is 0.410 e. The molecule has 1 atom stereocenters. The highest BCUT2D eigenvalue weighted by Crippen LogP contribution is 2.21. The van der Waals surface area contributed by atoms with Crippen LogP contribution >= 0.6 is 0 Å². The molecule has 1 amide bonds. The van der Waals surface area contributed by atoms with E-state index in [-0.39, 0.29) is 12.1 Å². The normalized spacial score (nSPS) is 21.4. The summed E-state index contributed by atoms with van der Waals surface area (Å²) in [5.41, 5.74) is 6.69. The number of amides is 1. The van der Waals surface area contributed by atoms with E-state index in [0.29, 0.717) is 24.2 Å². The molecule has 1 aliphatic heterocycles. The van der Waals surface area contributed by atoms with E-state index in [1.165, 1.54) is 6.21 Å². The zero-order valence-electron chi connectivity index (χ0n) is 10.9. The predicted molar refractivity (Wildman–Crippen MR) is 67.0 cm³/mol. The Labute approximate surface area is 102 Å². The Bertz CT molecular complexity index is 355. The van der Waals surface area contributed by atoms with Gasteiger partial charge in [0.05, 0.1) is 6.54 Å². The molecule has 1 heterocycles. The van der Waals surface area contributed by atoms with Gasteiger partial charge in [0.15, 0.2) is 0 Å². The highest BCUT2D eigenvalue weighted by molar-refractivity contribution is 5.80. The van der Waals surface area contributed by atoms with Crippen LogP contribution in [-0.2, 0) is 4.74 Å². The summed E-state index contributed by atoms with van der Waals surface area (Å²) in [7, 11) is 0. The van der Waals surface area contributed by atoms with Gasteiger partial charge in [-0.2, -0.15) is 0 Å². The lowest BCUT2D eigenvalue weighted by molar-refractivity contribution is 0.0187. The number of carbonyl (C=O) groups excluding carboxylic acids is 1. The molecule has 0 aromatic rings. The summed E-state index contributed by atoms with van der Waals surface area (Å²) in [6, 6.07) is 0.00792. The van der Waals surface area contributed by atoms with Crippen LogP contribution in [0.3, 0.4) is 0 Å². The third-order valence-electron chi connectivity index (χ3n) is 2.60. The van der Waals surface area contributed by atoms with Gasteiger partial charge in [-0.15, -0.1) is 0 Å². The summed E-state index contributed by atoms with van der Waals surface area (Å²) in [5, 5.41) is 7.26. The van der Waals surface area contributed by atoms with Crippen molar-refractivity contribution in [3.8, 4) is 0 Å². The van der Waals surface area contributed by atoms with E-state index in [4.69, 9.17) is 15.9 Å². The standard InChI is InChI=1S/C12H21N3O2/c1-8-5-10(14)9(6-13)7-15(8)11(16)17-12(2,3)4/h6,8,13H,5,7,14H2,1-4H3/t8-/m1/s1. The van der Waals surface area contributed by atoms with Gasteiger partial charge in [-0.3, -0.25) is 0 Å². The third kappa shape index (κ3) is 3.47. The SMILES string of the molecule is C[C@@H]1CC(N)=C(C=N)CN1C(=O)OC(C)(C)C. The molecule has 5 heteroatoms. The molecule has 0 fully saturated rings. The van der Waals surface area contributed by atoms with Crippen LogP contribution < -0.4 is 5.73 Å². The van der Waals surface area contributed by atoms with Crippen molar-refractivity contribution in [1.82, 2.24) is 4.90 Å². The second-order valence-electron chi connectivity index (χ2n) is 5.36. The van der Waals surface area contributed by atoms with Crippen LogP contribution in [0.5, 0.6) is 0 Å². The van der Waals surface area contributed by atoms with Gasteiger partial charge in [-0.05, 0) is 27.7 Å². The molecule has 17 heavy (non-hydrogen) atoms. The van der Waals surface area contributed by atoms with Gasteiger partial charge in [-0.25, -0.2) is 4.79 Å². The lowest BCUT2D eigenvalue weighted by Gasteiger charge is -2.35. The lowest BCUT2D eigenvalue weighted by Crippen LogP contribution is -2.46. The summed E-state index contributed by atoms with van der Waals surface area (Å²) in [4.78, 5) is 13.6. The lowest BCUT2D eigenvalue weighted by atomic mass is 10.0. The largest absolute Gasteiger partial charge is 0.444 e. The van der Waals surface area contributed by atoms with Gasteiger partial charge in [-0.1, -0.05) is 0 Å². The number of ether oxygens (including phenoxy) is 1. The van der Waals surface area contributed by atoms with Crippen molar-refractivity contribution >= 4 is 12.3 Å². The average Bonchev–Trinajstić information content (AvgIpc) is 2.14. The van der Waals surface area contributed by atoms with Crippen LogP contribution in [0, 0.1) is 5.41 Å². The Kier molecular flexibility index (Phi) is 3.80. The summed E-state index contributed by atoms with van der Waals surface area (Å²) >= 11 is 0. The first-order valence-electron chi connectivity index (χ1n) is 5.72. The molecule has 1 aliphatic rings. The first kappa shape index (κ1) is 13.5. The Morgan fingerprint density at radius 3 is 2.65 bits per heavy atom. The van der Waals surface area contributed by atoms with E-state index < -0.39 is 5.60 Å². The molecule has 3 N–H and O–H groups in total. The van der Waals surface area contributed by atoms with Crippen molar-refractivity contribution in [3.05, 3.63) is 11.3 Å². The molecule has 0 unspecified atom stereocenters. The molecule has 0 radical (unpaired) electrons. The molecule has 0 aromatic carbocycles. The van der Waals surface area contributed by atoms with Crippen LogP contribution in [0.15, 0.2) is 11.3 Å². The minimum Gasteiger partial charge on any atom is -0.444 e. The van der Waals surface area contributed by atoms with Gasteiger partial charge in [0.25, 0.3) is 0 Å². The van der Waals surface area contributed by atoms with E-state index in [2.05, 4.69) is 0 Å². The number of hydrogen-bond donors (Lipinski definition) is 2. The van der Waals surface area contributed by atoms with Crippen molar-refractivity contribution < 1.29 is 9.53 Å². The summed E-state index contributed by atoms with van der Waals surface area (Å²) in [6.07, 6.45) is 1.44. The number of carbonyl (C=O) groups is 1. The average molecular weight is 239 g/mol. The van der Waals surface area contributed by atoms with E-state index in [1.54, 1.807) is 4.90 Å². The fourth-order valence-corrected chi connectivity index (χ4v) is 1.70. The third-order valence-corrected chi connectivity index (χ3v) is 2.60. The number of nitrogens with two attached hydrogens (primary N) is 1. The van der Waals surface area contributed by atoms with Crippen molar-refractivity contribution in [2.24, 2.45) is 5.73 Å². The first-order chi connectivity index (χ1) is 7.74. The van der Waals surface area contributed by atoms with Crippen molar-refractivity contribution in [3.63, 3.8) is 0 Å². The second-order valence-corrected chi connectivity index (χ2v) is 5.36. The van der Waals surface area contributed by atoms with Gasteiger partial charge in [0.2, 0.25) is 0 Å². The molecule has 0 bridgehead atoms. The maximum atomic E-state index is 12.0. The van der Waals surface area contributed by atoms with Gasteiger partial charge in [0.1, 0.15) is 5.60 Å². The molecule has 1 rings (SSSR count). The monoisotopic (exact) mass is 239 g/mol. The maximum Gasteiger partial charge on any atom is 0.410 e. The highest BCUT2D eigenvalue weighted by Gasteiger charge is 2.30. The highest BCUT2D eigenvalue weighted by atomic mass is 16.6. The van der Waals surface area contributed by atoms with E-state index in [1.807, 2.05) is 27.7 Å². The molecule has 0 spiro atoms. The van der Waals surface area contributed by atoms with E-state index in [9.17, 15) is 4.79 Å². The molecule has 0 saturated carbocycles. The Balaban J connectivity index is 2.79. The Morgan fingerprint density at radius 2 is 2.18 bits per heavy atom. The van der Waals surface area contributed by atoms with Crippen molar-refractivity contribution in [2.45, 2.75) is 45.8 Å². The molecule has 0 saturated heterocycles. The second kappa shape index (κ2) is 4.77. The van der Waals surface area contributed by atoms with Gasteiger partial charge >= 0.3 is 6.09 Å². The zero-order chi connectivity index (χ0) is 13.2. The summed E-state index contributed by atoms with van der Waals surface area (Å²) < 4.78 is 5.32. The summed E-state index contributed by atoms with van der Waals surface area (Å²) in [5.74, 6) is 0. The van der Waals surface area contributed by atoms with Crippen LogP contribution in [0.2, 0.25) is 0 Å². The fraction of sp³-hybridized carbons (Fsp3) is 0.667. The molecular formula is C12H21N3O2. The van der Waals surface area contributed by atoms with Crippen molar-refractivity contribution in [1.29, 1.82) is 5.41 Å². The molecule has 0 aliphatic carbocycles.